The molecule has 0 radical (unpaired) electrons. The number of hydrogen-bond acceptors (Lipinski definition) is 7. The van der Waals surface area contributed by atoms with Crippen LogP contribution in [0.15, 0.2) is 79.4 Å². The lowest BCUT2D eigenvalue weighted by Gasteiger charge is -2.34. The summed E-state index contributed by atoms with van der Waals surface area (Å²) < 4.78 is 7.04. The SMILES string of the molecule is COc1ccccc1-c1ccn(-c2ncnc3c(C(=O)C(=O)N4CCN(C(=O)c5ccccc5)CC4)c[nH]c23)n1. The van der Waals surface area contributed by atoms with E-state index < -0.39 is 11.7 Å². The molecule has 40 heavy (non-hydrogen) atoms. The van der Waals surface area contributed by atoms with Crippen molar-refractivity contribution < 1.29 is 19.1 Å². The van der Waals surface area contributed by atoms with Gasteiger partial charge < -0.3 is 19.5 Å². The molecule has 6 rings (SSSR count). The molecule has 0 unspecified atom stereocenters. The molecule has 2 amide bonds. The summed E-state index contributed by atoms with van der Waals surface area (Å²) in [5, 5.41) is 4.65. The third-order valence-corrected chi connectivity index (χ3v) is 6.95. The topological polar surface area (TPSA) is 126 Å². The number of fused-ring (bicyclic) bond motifs is 1. The molecule has 5 aromatic rings. The number of carbonyl (C=O) groups excluding carboxylic acids is 3. The van der Waals surface area contributed by atoms with Crippen molar-refractivity contribution in [2.75, 3.05) is 33.3 Å². The van der Waals surface area contributed by atoms with Crippen molar-refractivity contribution in [3.63, 3.8) is 0 Å². The van der Waals surface area contributed by atoms with Gasteiger partial charge >= 0.3 is 0 Å². The summed E-state index contributed by atoms with van der Waals surface area (Å²) >= 11 is 0. The molecule has 2 aromatic carbocycles. The Morgan fingerprint density at radius 2 is 1.60 bits per heavy atom. The summed E-state index contributed by atoms with van der Waals surface area (Å²) in [5.74, 6) is -0.269. The predicted octanol–water partition coefficient (Wildman–Crippen LogP) is 2.99. The number of ketones is 1. The van der Waals surface area contributed by atoms with Crippen LogP contribution < -0.4 is 4.74 Å². The second kappa shape index (κ2) is 10.4. The molecule has 1 saturated heterocycles. The maximum atomic E-state index is 13.3. The van der Waals surface area contributed by atoms with Crippen LogP contribution in [-0.2, 0) is 4.79 Å². The zero-order valence-electron chi connectivity index (χ0n) is 21.7. The minimum absolute atomic E-state index is 0.0904. The summed E-state index contributed by atoms with van der Waals surface area (Å²) in [7, 11) is 1.60. The molecule has 4 heterocycles. The van der Waals surface area contributed by atoms with Gasteiger partial charge in [0.15, 0.2) is 5.82 Å². The lowest BCUT2D eigenvalue weighted by atomic mass is 10.1. The van der Waals surface area contributed by atoms with Crippen molar-refractivity contribution in [3.05, 3.63) is 90.5 Å². The molecule has 0 bridgehead atoms. The average Bonchev–Trinajstić information content (AvgIpc) is 3.68. The molecule has 11 heteroatoms. The van der Waals surface area contributed by atoms with Crippen LogP contribution in [0.3, 0.4) is 0 Å². The Labute approximate surface area is 229 Å². The van der Waals surface area contributed by atoms with E-state index >= 15 is 0 Å². The Morgan fingerprint density at radius 3 is 2.38 bits per heavy atom. The van der Waals surface area contributed by atoms with E-state index in [9.17, 15) is 14.4 Å². The van der Waals surface area contributed by atoms with E-state index in [0.29, 0.717) is 46.9 Å². The molecule has 0 saturated carbocycles. The van der Waals surface area contributed by atoms with Crippen LogP contribution in [0.1, 0.15) is 20.7 Å². The lowest BCUT2D eigenvalue weighted by Crippen LogP contribution is -2.52. The number of aromatic amines is 1. The number of aromatic nitrogens is 5. The van der Waals surface area contributed by atoms with E-state index in [4.69, 9.17) is 4.74 Å². The molecule has 200 valence electrons. The summed E-state index contributed by atoms with van der Waals surface area (Å²) in [5.41, 5.74) is 3.07. The van der Waals surface area contributed by atoms with Gasteiger partial charge in [-0.15, -0.1) is 0 Å². The fourth-order valence-corrected chi connectivity index (χ4v) is 4.85. The van der Waals surface area contributed by atoms with Crippen LogP contribution in [0.5, 0.6) is 5.75 Å². The monoisotopic (exact) mass is 535 g/mol. The number of nitrogens with zero attached hydrogens (tertiary/aromatic N) is 6. The number of piperazine rings is 1. The van der Waals surface area contributed by atoms with Gasteiger partial charge in [-0.05, 0) is 30.3 Å². The van der Waals surface area contributed by atoms with Gasteiger partial charge in [0.25, 0.3) is 17.6 Å². The minimum atomic E-state index is -0.672. The maximum absolute atomic E-state index is 13.3. The highest BCUT2D eigenvalue weighted by atomic mass is 16.5. The summed E-state index contributed by atoms with van der Waals surface area (Å²) in [6, 6.07) is 18.4. The van der Waals surface area contributed by atoms with Gasteiger partial charge in [-0.2, -0.15) is 5.10 Å². The number of carbonyl (C=O) groups is 3. The molecular formula is C29H25N7O4. The molecule has 0 atom stereocenters. The summed E-state index contributed by atoms with van der Waals surface area (Å²) in [6.07, 6.45) is 4.57. The molecular weight excluding hydrogens is 510 g/mol. The van der Waals surface area contributed by atoms with Gasteiger partial charge in [-0.25, -0.2) is 14.6 Å². The van der Waals surface area contributed by atoms with Gasteiger partial charge in [0.05, 0.1) is 18.4 Å². The van der Waals surface area contributed by atoms with E-state index in [1.165, 1.54) is 17.4 Å². The van der Waals surface area contributed by atoms with Crippen molar-refractivity contribution in [1.82, 2.24) is 34.5 Å². The Kier molecular flexibility index (Phi) is 6.52. The highest BCUT2D eigenvalue weighted by Gasteiger charge is 2.31. The third-order valence-electron chi connectivity index (χ3n) is 6.95. The molecule has 1 aliphatic heterocycles. The van der Waals surface area contributed by atoms with Crippen molar-refractivity contribution in [2.45, 2.75) is 0 Å². The van der Waals surface area contributed by atoms with Gasteiger partial charge in [-0.1, -0.05) is 30.3 Å². The number of methoxy groups -OCH3 is 1. The van der Waals surface area contributed by atoms with Gasteiger partial charge in [0.1, 0.15) is 23.1 Å². The van der Waals surface area contributed by atoms with Crippen LogP contribution in [-0.4, -0.2) is 85.4 Å². The number of nitrogens with one attached hydrogen (secondary N) is 1. The minimum Gasteiger partial charge on any atom is -0.496 e. The number of para-hydroxylation sites is 1. The van der Waals surface area contributed by atoms with Crippen LogP contribution >= 0.6 is 0 Å². The van der Waals surface area contributed by atoms with Gasteiger partial charge in [0.2, 0.25) is 0 Å². The first-order valence-corrected chi connectivity index (χ1v) is 12.7. The first-order valence-electron chi connectivity index (χ1n) is 12.7. The maximum Gasteiger partial charge on any atom is 0.295 e. The van der Waals surface area contributed by atoms with Crippen molar-refractivity contribution >= 4 is 28.6 Å². The number of rotatable bonds is 6. The highest BCUT2D eigenvalue weighted by molar-refractivity contribution is 6.44. The number of Topliss-reactive ketones (excluding diaryl/α,β-unsaturated/α-hetero) is 1. The molecule has 1 fully saturated rings. The Balaban J connectivity index is 1.20. The quantitative estimate of drug-likeness (QED) is 0.262. The predicted molar refractivity (Wildman–Crippen MR) is 146 cm³/mol. The summed E-state index contributed by atoms with van der Waals surface area (Å²) in [4.78, 5) is 54.0. The molecule has 0 aliphatic carbocycles. The molecule has 3 aromatic heterocycles. The molecule has 0 spiro atoms. The van der Waals surface area contributed by atoms with Gasteiger partial charge in [0, 0.05) is 49.7 Å². The van der Waals surface area contributed by atoms with E-state index in [0.717, 1.165) is 5.56 Å². The van der Waals surface area contributed by atoms with Crippen LogP contribution in [0.2, 0.25) is 0 Å². The lowest BCUT2D eigenvalue weighted by molar-refractivity contribution is -0.127. The fourth-order valence-electron chi connectivity index (χ4n) is 4.85. The second-order valence-corrected chi connectivity index (χ2v) is 9.25. The Hall–Kier alpha value is -5.32. The summed E-state index contributed by atoms with van der Waals surface area (Å²) in [6.45, 7) is 1.23. The van der Waals surface area contributed by atoms with E-state index in [1.807, 2.05) is 48.5 Å². The smallest absolute Gasteiger partial charge is 0.295 e. The van der Waals surface area contributed by atoms with Crippen molar-refractivity contribution in [1.29, 1.82) is 0 Å². The van der Waals surface area contributed by atoms with Crippen molar-refractivity contribution in [2.24, 2.45) is 0 Å². The standard InChI is InChI=1S/C29H25N7O4/c1-40-23-10-6-5-9-20(23)22-11-12-36(33-22)27-25-24(31-18-32-27)21(17-30-25)26(37)29(39)35-15-13-34(14-16-35)28(38)19-7-3-2-4-8-19/h2-12,17-18,30H,13-16H2,1H3. The fraction of sp³-hybridized carbons (Fsp3) is 0.172. The second-order valence-electron chi connectivity index (χ2n) is 9.25. The zero-order chi connectivity index (χ0) is 27.6. The Morgan fingerprint density at radius 1 is 0.875 bits per heavy atom. The van der Waals surface area contributed by atoms with Crippen LogP contribution in [0, 0.1) is 0 Å². The third kappa shape index (κ3) is 4.47. The number of H-pyrrole nitrogens is 1. The number of hydrogen-bond donors (Lipinski definition) is 1. The van der Waals surface area contributed by atoms with E-state index in [1.54, 1.807) is 35.0 Å². The van der Waals surface area contributed by atoms with E-state index in [-0.39, 0.29) is 24.6 Å². The van der Waals surface area contributed by atoms with Crippen LogP contribution in [0.25, 0.3) is 28.1 Å². The van der Waals surface area contributed by atoms with E-state index in [2.05, 4.69) is 20.1 Å². The average molecular weight is 536 g/mol. The first kappa shape index (κ1) is 25.0. The molecule has 1 aliphatic rings. The van der Waals surface area contributed by atoms with Crippen LogP contribution in [0.4, 0.5) is 0 Å². The normalized spacial score (nSPS) is 13.4. The first-order chi connectivity index (χ1) is 19.5. The molecule has 11 nitrogen and oxygen atoms in total. The highest BCUT2D eigenvalue weighted by Crippen LogP contribution is 2.29. The molecule has 1 N–H and O–H groups in total. The number of amides is 2. The zero-order valence-corrected chi connectivity index (χ0v) is 21.7. The largest absolute Gasteiger partial charge is 0.496 e. The van der Waals surface area contributed by atoms with Gasteiger partial charge in [-0.3, -0.25) is 14.4 Å². The number of ether oxygens (including phenoxy) is 1. The number of benzene rings is 2. The van der Waals surface area contributed by atoms with Crippen molar-refractivity contribution in [3.8, 4) is 22.8 Å². The Bertz CT molecular complexity index is 1720.